The van der Waals surface area contributed by atoms with Gasteiger partial charge in [-0.15, -0.1) is 0 Å². The van der Waals surface area contributed by atoms with E-state index in [4.69, 9.17) is 10.5 Å². The van der Waals surface area contributed by atoms with Gasteiger partial charge in [-0.3, -0.25) is 4.98 Å². The van der Waals surface area contributed by atoms with Crippen molar-refractivity contribution in [1.82, 2.24) is 4.98 Å². The number of nitrogens with zero attached hydrogens (tertiary/aromatic N) is 1. The second kappa shape index (κ2) is 5.73. The highest BCUT2D eigenvalue weighted by atomic mass is 32.2. The van der Waals surface area contributed by atoms with Crippen molar-refractivity contribution in [2.75, 3.05) is 12.8 Å². The van der Waals surface area contributed by atoms with Crippen LogP contribution in [0.4, 0.5) is 5.69 Å². The minimum absolute atomic E-state index is 0.185. The summed E-state index contributed by atoms with van der Waals surface area (Å²) >= 11 is 0. The lowest BCUT2D eigenvalue weighted by atomic mass is 10.2. The van der Waals surface area contributed by atoms with Crippen LogP contribution in [0.15, 0.2) is 35.2 Å². The number of aryl methyl sites for hydroxylation is 2. The summed E-state index contributed by atoms with van der Waals surface area (Å²) in [5, 5.41) is 0. The van der Waals surface area contributed by atoms with E-state index in [0.717, 1.165) is 0 Å². The lowest BCUT2D eigenvalue weighted by molar-refractivity contribution is 0.413. The first-order valence-electron chi connectivity index (χ1n) is 6.42. The largest absolute Gasteiger partial charge is 0.497 e. The van der Waals surface area contributed by atoms with Crippen LogP contribution in [0, 0.1) is 13.8 Å². The van der Waals surface area contributed by atoms with E-state index in [1.807, 2.05) is 0 Å². The number of anilines is 1. The molecule has 2 rings (SSSR count). The van der Waals surface area contributed by atoms with E-state index in [1.165, 1.54) is 13.2 Å². The Morgan fingerprint density at radius 2 is 1.90 bits per heavy atom. The van der Waals surface area contributed by atoms with Gasteiger partial charge in [0.2, 0.25) is 0 Å². The van der Waals surface area contributed by atoms with Crippen molar-refractivity contribution in [2.45, 2.75) is 24.5 Å². The van der Waals surface area contributed by atoms with Crippen molar-refractivity contribution in [2.24, 2.45) is 0 Å². The molecule has 2 N–H and O–H groups in total. The molecule has 0 aliphatic rings. The molecule has 2 aromatic rings. The molecule has 6 heteroatoms. The number of rotatable bonds is 4. The average molecular weight is 306 g/mol. The van der Waals surface area contributed by atoms with E-state index in [0.29, 0.717) is 28.4 Å². The fourth-order valence-electron chi connectivity index (χ4n) is 2.12. The van der Waals surface area contributed by atoms with Crippen LogP contribution in [0.3, 0.4) is 0 Å². The van der Waals surface area contributed by atoms with Gasteiger partial charge in [-0.2, -0.15) is 0 Å². The number of hydrogen-bond acceptors (Lipinski definition) is 5. The monoisotopic (exact) mass is 306 g/mol. The van der Waals surface area contributed by atoms with E-state index >= 15 is 0 Å². The van der Waals surface area contributed by atoms with Crippen molar-refractivity contribution in [3.8, 4) is 5.75 Å². The molecule has 1 aromatic heterocycles. The lowest BCUT2D eigenvalue weighted by Crippen LogP contribution is -2.09. The maximum absolute atomic E-state index is 12.5. The molecule has 0 bridgehead atoms. The van der Waals surface area contributed by atoms with E-state index < -0.39 is 9.84 Å². The Morgan fingerprint density at radius 3 is 2.57 bits per heavy atom. The standard InChI is InChI=1S/C15H18N2O3S/c1-10-4-5-12(16)7-15(10)21(18,19)9-13-8-14(20-3)6-11(2)17-13/h4-8H,9,16H2,1-3H3. The zero-order valence-corrected chi connectivity index (χ0v) is 13.1. The fourth-order valence-corrected chi connectivity index (χ4v) is 3.69. The summed E-state index contributed by atoms with van der Waals surface area (Å²) in [6.07, 6.45) is 0. The van der Waals surface area contributed by atoms with E-state index in [-0.39, 0.29) is 10.6 Å². The summed E-state index contributed by atoms with van der Waals surface area (Å²) in [6.45, 7) is 3.54. The summed E-state index contributed by atoms with van der Waals surface area (Å²) in [5.74, 6) is 0.409. The smallest absolute Gasteiger partial charge is 0.184 e. The summed E-state index contributed by atoms with van der Waals surface area (Å²) in [7, 11) is -1.97. The normalized spacial score (nSPS) is 11.4. The van der Waals surface area contributed by atoms with Gasteiger partial charge in [0.15, 0.2) is 9.84 Å². The van der Waals surface area contributed by atoms with Crippen molar-refractivity contribution in [3.63, 3.8) is 0 Å². The Morgan fingerprint density at radius 1 is 1.19 bits per heavy atom. The van der Waals surface area contributed by atoms with Gasteiger partial charge in [-0.1, -0.05) is 6.07 Å². The van der Waals surface area contributed by atoms with Crippen LogP contribution < -0.4 is 10.5 Å². The molecule has 0 saturated heterocycles. The van der Waals surface area contributed by atoms with Gasteiger partial charge in [0, 0.05) is 23.5 Å². The van der Waals surface area contributed by atoms with Crippen molar-refractivity contribution in [3.05, 3.63) is 47.3 Å². The van der Waals surface area contributed by atoms with Gasteiger partial charge < -0.3 is 10.5 Å². The third-order valence-corrected chi connectivity index (χ3v) is 4.89. The number of nitrogens with two attached hydrogens (primary N) is 1. The molecular formula is C15H18N2O3S. The number of methoxy groups -OCH3 is 1. The van der Waals surface area contributed by atoms with Gasteiger partial charge >= 0.3 is 0 Å². The molecule has 0 amide bonds. The SMILES string of the molecule is COc1cc(C)nc(CS(=O)(=O)c2cc(N)ccc2C)c1. The number of hydrogen-bond donors (Lipinski definition) is 1. The highest BCUT2D eigenvalue weighted by molar-refractivity contribution is 7.90. The van der Waals surface area contributed by atoms with Crippen LogP contribution in [-0.2, 0) is 15.6 Å². The minimum Gasteiger partial charge on any atom is -0.497 e. The molecule has 0 aliphatic heterocycles. The molecule has 1 heterocycles. The van der Waals surface area contributed by atoms with Gasteiger partial charge in [-0.05, 0) is 31.5 Å². The Balaban J connectivity index is 2.42. The number of nitrogen functional groups attached to an aromatic ring is 1. The molecular weight excluding hydrogens is 288 g/mol. The quantitative estimate of drug-likeness (QED) is 0.876. The summed E-state index contributed by atoms with van der Waals surface area (Å²) in [4.78, 5) is 4.49. The van der Waals surface area contributed by atoms with Crippen LogP contribution in [-0.4, -0.2) is 20.5 Å². The molecule has 0 unspecified atom stereocenters. The lowest BCUT2D eigenvalue weighted by Gasteiger charge is -2.10. The number of pyridine rings is 1. The van der Waals surface area contributed by atoms with E-state index in [2.05, 4.69) is 4.98 Å². The molecule has 112 valence electrons. The van der Waals surface area contributed by atoms with Crippen molar-refractivity contribution < 1.29 is 13.2 Å². The van der Waals surface area contributed by atoms with Gasteiger partial charge in [0.25, 0.3) is 0 Å². The number of sulfone groups is 1. The molecule has 0 saturated carbocycles. The summed E-state index contributed by atoms with van der Waals surface area (Å²) in [5.41, 5.74) is 7.95. The zero-order valence-electron chi connectivity index (χ0n) is 12.3. The number of benzene rings is 1. The Labute approximate surface area is 124 Å². The van der Waals surface area contributed by atoms with E-state index in [1.54, 1.807) is 38.1 Å². The first-order valence-corrected chi connectivity index (χ1v) is 8.07. The molecule has 0 radical (unpaired) electrons. The third-order valence-electron chi connectivity index (χ3n) is 3.10. The van der Waals surface area contributed by atoms with Crippen molar-refractivity contribution in [1.29, 1.82) is 0 Å². The van der Waals surface area contributed by atoms with Crippen LogP contribution in [0.25, 0.3) is 0 Å². The maximum Gasteiger partial charge on any atom is 0.184 e. The summed E-state index contributed by atoms with van der Waals surface area (Å²) < 4.78 is 30.2. The molecule has 1 aromatic carbocycles. The van der Waals surface area contributed by atoms with Crippen molar-refractivity contribution >= 4 is 15.5 Å². The Hall–Kier alpha value is -2.08. The molecule has 0 aliphatic carbocycles. The molecule has 0 spiro atoms. The molecule has 0 atom stereocenters. The predicted molar refractivity (Wildman–Crippen MR) is 82.0 cm³/mol. The third kappa shape index (κ3) is 3.52. The molecule has 5 nitrogen and oxygen atoms in total. The van der Waals surface area contributed by atoms with Gasteiger partial charge in [-0.25, -0.2) is 8.42 Å². The first-order chi connectivity index (χ1) is 9.81. The number of ether oxygens (including phenoxy) is 1. The predicted octanol–water partition coefficient (Wildman–Crippen LogP) is 2.26. The minimum atomic E-state index is -3.51. The second-order valence-electron chi connectivity index (χ2n) is 4.92. The summed E-state index contributed by atoms with van der Waals surface area (Å²) in [6, 6.07) is 8.25. The topological polar surface area (TPSA) is 82.3 Å². The second-order valence-corrected chi connectivity index (χ2v) is 6.88. The zero-order chi connectivity index (χ0) is 15.6. The van der Waals surface area contributed by atoms with Gasteiger partial charge in [0.1, 0.15) is 5.75 Å². The highest BCUT2D eigenvalue weighted by Crippen LogP contribution is 2.23. The Kier molecular flexibility index (Phi) is 4.18. The van der Waals surface area contributed by atoms with Gasteiger partial charge in [0.05, 0.1) is 23.5 Å². The highest BCUT2D eigenvalue weighted by Gasteiger charge is 2.19. The number of aromatic nitrogens is 1. The molecule has 21 heavy (non-hydrogen) atoms. The average Bonchev–Trinajstić information content (AvgIpc) is 2.40. The molecule has 0 fully saturated rings. The Bertz CT molecular complexity index is 770. The van der Waals surface area contributed by atoms with Crippen LogP contribution >= 0.6 is 0 Å². The fraction of sp³-hybridized carbons (Fsp3) is 0.267. The van der Waals surface area contributed by atoms with Crippen LogP contribution in [0.1, 0.15) is 17.0 Å². The van der Waals surface area contributed by atoms with Crippen LogP contribution in [0.5, 0.6) is 5.75 Å². The maximum atomic E-state index is 12.5. The first kappa shape index (κ1) is 15.3. The van der Waals surface area contributed by atoms with E-state index in [9.17, 15) is 8.42 Å². The van der Waals surface area contributed by atoms with Crippen LogP contribution in [0.2, 0.25) is 0 Å².